The van der Waals surface area contributed by atoms with Crippen LogP contribution in [0.15, 0.2) is 54.6 Å². The summed E-state index contributed by atoms with van der Waals surface area (Å²) in [6, 6.07) is 16.3. The first kappa shape index (κ1) is 32.9. The van der Waals surface area contributed by atoms with Crippen molar-refractivity contribution in [3.63, 3.8) is 0 Å². The predicted octanol–water partition coefficient (Wildman–Crippen LogP) is 8.46. The molecule has 0 aliphatic carbocycles. The van der Waals surface area contributed by atoms with E-state index in [9.17, 15) is 4.79 Å². The van der Waals surface area contributed by atoms with Crippen molar-refractivity contribution >= 4 is 23.4 Å². The van der Waals surface area contributed by atoms with Crippen LogP contribution in [0.2, 0.25) is 0 Å². The fourth-order valence-corrected chi connectivity index (χ4v) is 5.72. The summed E-state index contributed by atoms with van der Waals surface area (Å²) < 4.78 is 26.6. The third-order valence-electron chi connectivity index (χ3n) is 8.74. The fraction of sp³-hybridized carbons (Fsp3) is 0.378. The second kappa shape index (κ2) is 14.7. The first-order chi connectivity index (χ1) is 22.1. The highest BCUT2D eigenvalue weighted by Crippen LogP contribution is 2.31. The third kappa shape index (κ3) is 8.01. The lowest BCUT2D eigenvalue weighted by Crippen LogP contribution is -2.31. The zero-order valence-electron chi connectivity index (χ0n) is 27.7. The highest BCUT2D eigenvalue weighted by Gasteiger charge is 2.19. The number of aryl methyl sites for hydroxylation is 3. The fourth-order valence-electron chi connectivity index (χ4n) is 5.72. The number of ether oxygens (including phenoxy) is 2. The summed E-state index contributed by atoms with van der Waals surface area (Å²) in [6.07, 6.45) is 4.05. The number of rotatable bonds is 10. The van der Waals surface area contributed by atoms with Crippen LogP contribution in [0, 0.1) is 40.4 Å². The number of benzene rings is 3. The molecule has 242 valence electrons. The van der Waals surface area contributed by atoms with Gasteiger partial charge in [-0.05, 0) is 113 Å². The van der Waals surface area contributed by atoms with E-state index in [0.29, 0.717) is 18.0 Å². The quantitative estimate of drug-likeness (QED) is 0.177. The van der Waals surface area contributed by atoms with Gasteiger partial charge in [0.15, 0.2) is 11.6 Å². The Labute approximate surface area is 271 Å². The van der Waals surface area contributed by atoms with Gasteiger partial charge in [0.25, 0.3) is 0 Å². The molecule has 1 aromatic heterocycles. The minimum absolute atomic E-state index is 0.0708. The number of nitrogens with zero attached hydrogens (tertiary/aromatic N) is 4. The number of amides is 1. The smallest absolute Gasteiger partial charge is 0.420 e. The van der Waals surface area contributed by atoms with Crippen LogP contribution in [0.25, 0.3) is 11.3 Å². The van der Waals surface area contributed by atoms with Gasteiger partial charge in [-0.15, -0.1) is 0 Å². The second-order valence-corrected chi connectivity index (χ2v) is 12.2. The Morgan fingerprint density at radius 3 is 2.43 bits per heavy atom. The number of carbonyl (C=O) groups excluding carboxylic acids is 1. The van der Waals surface area contributed by atoms with Crippen molar-refractivity contribution in [1.82, 2.24) is 14.9 Å². The Kier molecular flexibility index (Phi) is 10.5. The van der Waals surface area contributed by atoms with E-state index in [4.69, 9.17) is 14.5 Å². The molecule has 0 saturated carbocycles. The van der Waals surface area contributed by atoms with Crippen molar-refractivity contribution in [2.45, 2.75) is 60.3 Å². The van der Waals surface area contributed by atoms with E-state index in [1.807, 2.05) is 51.1 Å². The molecule has 3 aromatic carbocycles. The molecule has 2 heterocycles. The van der Waals surface area contributed by atoms with Gasteiger partial charge in [-0.3, -0.25) is 4.90 Å². The van der Waals surface area contributed by atoms with Gasteiger partial charge in [0, 0.05) is 42.7 Å². The Hall–Kier alpha value is -4.50. The van der Waals surface area contributed by atoms with Crippen LogP contribution in [0.5, 0.6) is 11.6 Å². The molecular formula is C37H44FN5O3. The van der Waals surface area contributed by atoms with E-state index in [0.717, 1.165) is 59.6 Å². The summed E-state index contributed by atoms with van der Waals surface area (Å²) >= 11 is 0. The molecule has 0 bridgehead atoms. The number of piperidine rings is 1. The lowest BCUT2D eigenvalue weighted by Gasteiger charge is -2.26. The molecular weight excluding hydrogens is 581 g/mol. The Bertz CT molecular complexity index is 1700. The van der Waals surface area contributed by atoms with Crippen LogP contribution in [-0.2, 0) is 0 Å². The maximum Gasteiger partial charge on any atom is 0.420 e. The van der Waals surface area contributed by atoms with Crippen molar-refractivity contribution < 1.29 is 18.7 Å². The van der Waals surface area contributed by atoms with Gasteiger partial charge in [-0.25, -0.2) is 14.2 Å². The van der Waals surface area contributed by atoms with Gasteiger partial charge in [0.2, 0.25) is 11.8 Å². The van der Waals surface area contributed by atoms with Crippen LogP contribution in [0.3, 0.4) is 0 Å². The number of likely N-dealkylation sites (tertiary alicyclic amines) is 1. The topological polar surface area (TPSA) is 79.8 Å². The highest BCUT2D eigenvalue weighted by atomic mass is 19.1. The van der Waals surface area contributed by atoms with E-state index >= 15 is 4.39 Å². The standard InChI is InChI=1S/C37H44FN5O3/c1-24-11-12-26(3)33(21-24)42(6)37(44)46-35-23-32(30-15-13-25(2)27(4)28(30)5)40-36(41-35)39-29-14-16-34(31(38)22-29)45-20-10-19-43-17-8-7-9-18-43/h11-16,21-23H,7-10,17-20H2,1-6H3,(H,39,40,41). The molecule has 46 heavy (non-hydrogen) atoms. The van der Waals surface area contributed by atoms with E-state index in [1.165, 1.54) is 35.8 Å². The van der Waals surface area contributed by atoms with Crippen LogP contribution in [0.1, 0.15) is 53.5 Å². The molecule has 0 spiro atoms. The number of carbonyl (C=O) groups is 1. The summed E-state index contributed by atoms with van der Waals surface area (Å²) in [5, 5.41) is 3.10. The molecule has 1 amide bonds. The average molecular weight is 626 g/mol. The molecule has 5 rings (SSSR count). The van der Waals surface area contributed by atoms with Gasteiger partial charge in [0.1, 0.15) is 0 Å². The Balaban J connectivity index is 1.36. The largest absolute Gasteiger partial charge is 0.490 e. The SMILES string of the molecule is Cc1ccc(C)c(N(C)C(=O)Oc2cc(-c3ccc(C)c(C)c3C)nc(Nc3ccc(OCCCN4CCCCC4)c(F)c3)n2)c1. The normalized spacial score (nSPS) is 13.4. The number of halogens is 1. The van der Waals surface area contributed by atoms with Crippen molar-refractivity contribution in [3.05, 3.63) is 88.2 Å². The third-order valence-corrected chi connectivity index (χ3v) is 8.74. The van der Waals surface area contributed by atoms with Gasteiger partial charge in [-0.2, -0.15) is 4.98 Å². The first-order valence-corrected chi connectivity index (χ1v) is 16.0. The van der Waals surface area contributed by atoms with E-state index < -0.39 is 11.9 Å². The zero-order chi connectivity index (χ0) is 32.8. The highest BCUT2D eigenvalue weighted by molar-refractivity contribution is 5.89. The maximum absolute atomic E-state index is 15.1. The van der Waals surface area contributed by atoms with Gasteiger partial charge in [-0.1, -0.05) is 30.7 Å². The molecule has 1 aliphatic heterocycles. The number of anilines is 3. The van der Waals surface area contributed by atoms with Crippen molar-refractivity contribution in [3.8, 4) is 22.9 Å². The summed E-state index contributed by atoms with van der Waals surface area (Å²) in [5.74, 6) is -0.0389. The molecule has 9 heteroatoms. The predicted molar refractivity (Wildman–Crippen MR) is 182 cm³/mol. The van der Waals surface area contributed by atoms with Crippen LogP contribution in [0.4, 0.5) is 26.5 Å². The van der Waals surface area contributed by atoms with E-state index in [-0.39, 0.29) is 17.6 Å². The summed E-state index contributed by atoms with van der Waals surface area (Å²) in [5.41, 5.74) is 7.98. The molecule has 0 radical (unpaired) electrons. The lowest BCUT2D eigenvalue weighted by molar-refractivity contribution is 0.203. The lowest BCUT2D eigenvalue weighted by atomic mass is 9.97. The van der Waals surface area contributed by atoms with Gasteiger partial charge in [0.05, 0.1) is 12.3 Å². The summed E-state index contributed by atoms with van der Waals surface area (Å²) in [6.45, 7) is 13.7. The monoisotopic (exact) mass is 625 g/mol. The molecule has 1 aliphatic rings. The molecule has 1 fully saturated rings. The van der Waals surface area contributed by atoms with E-state index in [1.54, 1.807) is 25.2 Å². The Morgan fingerprint density at radius 2 is 1.67 bits per heavy atom. The molecule has 4 aromatic rings. The van der Waals surface area contributed by atoms with Gasteiger partial charge >= 0.3 is 6.09 Å². The van der Waals surface area contributed by atoms with Crippen LogP contribution in [-0.4, -0.2) is 54.2 Å². The first-order valence-electron chi connectivity index (χ1n) is 16.0. The summed E-state index contributed by atoms with van der Waals surface area (Å²) in [7, 11) is 1.67. The molecule has 0 atom stereocenters. The maximum atomic E-state index is 15.1. The molecule has 8 nitrogen and oxygen atoms in total. The number of aromatic nitrogens is 2. The summed E-state index contributed by atoms with van der Waals surface area (Å²) in [4.78, 5) is 26.4. The minimum atomic E-state index is -0.589. The number of hydrogen-bond donors (Lipinski definition) is 1. The van der Waals surface area contributed by atoms with Gasteiger partial charge < -0.3 is 19.7 Å². The van der Waals surface area contributed by atoms with Crippen molar-refractivity contribution in [2.75, 3.05) is 43.5 Å². The number of nitrogens with one attached hydrogen (secondary N) is 1. The van der Waals surface area contributed by atoms with Crippen molar-refractivity contribution in [1.29, 1.82) is 0 Å². The second-order valence-electron chi connectivity index (χ2n) is 12.2. The average Bonchev–Trinajstić information content (AvgIpc) is 3.04. The molecule has 0 unspecified atom stereocenters. The number of hydrogen-bond acceptors (Lipinski definition) is 7. The minimum Gasteiger partial charge on any atom is -0.490 e. The molecule has 1 saturated heterocycles. The molecule has 1 N–H and O–H groups in total. The Morgan fingerprint density at radius 1 is 0.913 bits per heavy atom. The van der Waals surface area contributed by atoms with Crippen LogP contribution < -0.4 is 19.7 Å². The van der Waals surface area contributed by atoms with E-state index in [2.05, 4.69) is 29.0 Å². The van der Waals surface area contributed by atoms with Crippen LogP contribution >= 0.6 is 0 Å². The van der Waals surface area contributed by atoms with Crippen molar-refractivity contribution in [2.24, 2.45) is 0 Å². The zero-order valence-corrected chi connectivity index (χ0v) is 27.7.